The average Bonchev–Trinajstić information content (AvgIpc) is 3.01. The summed E-state index contributed by atoms with van der Waals surface area (Å²) < 4.78 is 79.1. The Balaban J connectivity index is 2.27. The lowest BCUT2D eigenvalue weighted by Crippen LogP contribution is -2.06. The molecule has 3 rings (SSSR count). The maximum atomic E-state index is 14.6. The molecule has 2 heterocycles. The molecule has 0 aliphatic heterocycles. The van der Waals surface area contributed by atoms with Gasteiger partial charge in [0.25, 0.3) is 6.43 Å². The molecular formula is C17H13F4N3O2S. The van der Waals surface area contributed by atoms with E-state index in [-0.39, 0.29) is 11.5 Å². The second kappa shape index (κ2) is 6.76. The Morgan fingerprint density at radius 2 is 1.78 bits per heavy atom. The van der Waals surface area contributed by atoms with Crippen LogP contribution in [0.3, 0.4) is 0 Å². The van der Waals surface area contributed by atoms with Crippen molar-refractivity contribution < 1.29 is 26.0 Å². The summed E-state index contributed by atoms with van der Waals surface area (Å²) in [7, 11) is -4.00. The maximum absolute atomic E-state index is 14.6. The van der Waals surface area contributed by atoms with E-state index in [9.17, 15) is 26.0 Å². The summed E-state index contributed by atoms with van der Waals surface area (Å²) in [6.07, 6.45) is -2.21. The van der Waals surface area contributed by atoms with E-state index in [4.69, 9.17) is 0 Å². The van der Waals surface area contributed by atoms with E-state index in [2.05, 4.69) is 10.1 Å². The summed E-state index contributed by atoms with van der Waals surface area (Å²) in [5, 5.41) is 3.74. The molecule has 0 saturated heterocycles. The van der Waals surface area contributed by atoms with Crippen LogP contribution in [0.15, 0.2) is 41.3 Å². The van der Waals surface area contributed by atoms with Crippen molar-refractivity contribution in [2.75, 3.05) is 6.26 Å². The van der Waals surface area contributed by atoms with E-state index < -0.39 is 44.1 Å². The van der Waals surface area contributed by atoms with Crippen LogP contribution < -0.4 is 0 Å². The minimum atomic E-state index is -4.00. The first-order valence-corrected chi connectivity index (χ1v) is 9.48. The molecule has 0 fully saturated rings. The number of benzene rings is 1. The number of nitrogens with zero attached hydrogens (tertiary/aromatic N) is 3. The number of alkyl halides is 2. The van der Waals surface area contributed by atoms with Crippen LogP contribution >= 0.6 is 0 Å². The van der Waals surface area contributed by atoms with Crippen molar-refractivity contribution in [2.24, 2.45) is 0 Å². The highest BCUT2D eigenvalue weighted by atomic mass is 32.2. The lowest BCUT2D eigenvalue weighted by Gasteiger charge is -2.10. The van der Waals surface area contributed by atoms with E-state index in [0.29, 0.717) is 17.8 Å². The van der Waals surface area contributed by atoms with E-state index in [1.165, 1.54) is 6.07 Å². The molecule has 0 unspecified atom stereocenters. The van der Waals surface area contributed by atoms with Crippen LogP contribution in [0.4, 0.5) is 17.6 Å². The predicted octanol–water partition coefficient (Wildman–Crippen LogP) is 3.86. The molecule has 0 spiro atoms. The molecule has 10 heteroatoms. The zero-order chi connectivity index (χ0) is 19.9. The number of rotatable bonds is 4. The first kappa shape index (κ1) is 19.0. The van der Waals surface area contributed by atoms with Crippen molar-refractivity contribution in [1.29, 1.82) is 0 Å². The van der Waals surface area contributed by atoms with Gasteiger partial charge in [0, 0.05) is 17.5 Å². The molecule has 2 aromatic heterocycles. The Hall–Kier alpha value is -2.75. The van der Waals surface area contributed by atoms with Crippen LogP contribution in [-0.2, 0) is 9.84 Å². The third-order valence-electron chi connectivity index (χ3n) is 3.74. The largest absolute Gasteiger partial charge is 0.282 e. The maximum Gasteiger partial charge on any atom is 0.282 e. The zero-order valence-corrected chi connectivity index (χ0v) is 14.9. The van der Waals surface area contributed by atoms with Gasteiger partial charge in [0.05, 0.1) is 5.69 Å². The summed E-state index contributed by atoms with van der Waals surface area (Å²) in [5.41, 5.74) is -0.686. The molecule has 1 aromatic carbocycles. The molecule has 0 bridgehead atoms. The van der Waals surface area contributed by atoms with Crippen molar-refractivity contribution in [3.8, 4) is 17.1 Å². The number of hydrogen-bond donors (Lipinski definition) is 0. The van der Waals surface area contributed by atoms with Crippen molar-refractivity contribution in [3.05, 3.63) is 59.4 Å². The minimum Gasteiger partial charge on any atom is -0.234 e. The van der Waals surface area contributed by atoms with Crippen LogP contribution in [0, 0.1) is 18.6 Å². The fraction of sp³-hybridized carbons (Fsp3) is 0.176. The number of aryl methyl sites for hydroxylation is 1. The Morgan fingerprint density at radius 1 is 1.07 bits per heavy atom. The molecule has 5 nitrogen and oxygen atoms in total. The van der Waals surface area contributed by atoms with Crippen molar-refractivity contribution >= 4 is 9.84 Å². The SMILES string of the molecule is Cc1cccc(-n2nc(C(F)F)cc2-c2cc(F)c(S(C)(=O)=O)cc2F)n1. The molecule has 0 aliphatic rings. The Morgan fingerprint density at radius 3 is 2.37 bits per heavy atom. The fourth-order valence-electron chi connectivity index (χ4n) is 2.53. The smallest absolute Gasteiger partial charge is 0.234 e. The zero-order valence-electron chi connectivity index (χ0n) is 14.1. The molecule has 0 atom stereocenters. The molecule has 0 radical (unpaired) electrons. The van der Waals surface area contributed by atoms with E-state index in [1.807, 2.05) is 0 Å². The van der Waals surface area contributed by atoms with Crippen LogP contribution in [0.2, 0.25) is 0 Å². The van der Waals surface area contributed by atoms with E-state index in [1.54, 1.807) is 19.1 Å². The number of hydrogen-bond acceptors (Lipinski definition) is 4. The van der Waals surface area contributed by atoms with Gasteiger partial charge in [0.1, 0.15) is 22.2 Å². The van der Waals surface area contributed by atoms with Gasteiger partial charge in [-0.3, -0.25) is 0 Å². The van der Waals surface area contributed by atoms with Gasteiger partial charge in [-0.1, -0.05) is 6.07 Å². The lowest BCUT2D eigenvalue weighted by molar-refractivity contribution is 0.145. The summed E-state index contributed by atoms with van der Waals surface area (Å²) in [6, 6.07) is 6.81. The molecule has 142 valence electrons. The lowest BCUT2D eigenvalue weighted by atomic mass is 10.1. The number of sulfone groups is 1. The van der Waals surface area contributed by atoms with Crippen LogP contribution in [0.25, 0.3) is 17.1 Å². The van der Waals surface area contributed by atoms with Gasteiger partial charge in [-0.25, -0.2) is 35.6 Å². The van der Waals surface area contributed by atoms with Gasteiger partial charge >= 0.3 is 0 Å². The average molecular weight is 399 g/mol. The standard InChI is InChI=1S/C17H13F4N3O2S/c1-9-4-3-5-16(22-9)24-14(8-13(23-24)17(20)21)10-6-12(19)15(7-11(10)18)27(2,25)26/h3-8,17H,1-2H3. The molecule has 0 saturated carbocycles. The highest BCUT2D eigenvalue weighted by Crippen LogP contribution is 2.32. The van der Waals surface area contributed by atoms with Gasteiger partial charge in [-0.05, 0) is 37.3 Å². The Labute approximate surface area is 152 Å². The van der Waals surface area contributed by atoms with Gasteiger partial charge in [0.15, 0.2) is 15.7 Å². The first-order valence-electron chi connectivity index (χ1n) is 7.59. The Kier molecular flexibility index (Phi) is 4.77. The van der Waals surface area contributed by atoms with Gasteiger partial charge in [-0.15, -0.1) is 0 Å². The van der Waals surface area contributed by atoms with E-state index in [0.717, 1.165) is 17.0 Å². The van der Waals surface area contributed by atoms with Gasteiger partial charge < -0.3 is 0 Å². The van der Waals surface area contributed by atoms with E-state index >= 15 is 0 Å². The third kappa shape index (κ3) is 3.70. The highest BCUT2D eigenvalue weighted by molar-refractivity contribution is 7.90. The van der Waals surface area contributed by atoms with Crippen molar-refractivity contribution in [2.45, 2.75) is 18.2 Å². The topological polar surface area (TPSA) is 64.8 Å². The normalized spacial score (nSPS) is 12.0. The second-order valence-corrected chi connectivity index (χ2v) is 7.82. The van der Waals surface area contributed by atoms with Gasteiger partial charge in [0.2, 0.25) is 0 Å². The van der Waals surface area contributed by atoms with Crippen LogP contribution in [-0.4, -0.2) is 29.4 Å². The minimum absolute atomic E-state index is 0.129. The molecule has 0 aliphatic carbocycles. The molecule has 0 amide bonds. The molecule has 3 aromatic rings. The first-order chi connectivity index (χ1) is 12.6. The van der Waals surface area contributed by atoms with Gasteiger partial charge in [-0.2, -0.15) is 5.10 Å². The molecule has 0 N–H and O–H groups in total. The summed E-state index contributed by atoms with van der Waals surface area (Å²) in [6.45, 7) is 1.67. The third-order valence-corrected chi connectivity index (χ3v) is 4.85. The highest BCUT2D eigenvalue weighted by Gasteiger charge is 2.24. The predicted molar refractivity (Wildman–Crippen MR) is 89.5 cm³/mol. The monoisotopic (exact) mass is 399 g/mol. The molecular weight excluding hydrogens is 386 g/mol. The molecule has 27 heavy (non-hydrogen) atoms. The Bertz CT molecular complexity index is 1130. The van der Waals surface area contributed by atoms with Crippen molar-refractivity contribution in [1.82, 2.24) is 14.8 Å². The van der Waals surface area contributed by atoms with Crippen molar-refractivity contribution in [3.63, 3.8) is 0 Å². The second-order valence-electron chi connectivity index (χ2n) is 5.84. The number of halogens is 4. The summed E-state index contributed by atoms with van der Waals surface area (Å²) in [5.74, 6) is -2.16. The fourth-order valence-corrected chi connectivity index (χ4v) is 3.26. The summed E-state index contributed by atoms with van der Waals surface area (Å²) >= 11 is 0. The quantitative estimate of drug-likeness (QED) is 0.625. The number of aromatic nitrogens is 3. The van der Waals surface area contributed by atoms with Crippen LogP contribution in [0.5, 0.6) is 0 Å². The van der Waals surface area contributed by atoms with Crippen LogP contribution in [0.1, 0.15) is 17.8 Å². The summed E-state index contributed by atoms with van der Waals surface area (Å²) in [4.78, 5) is 3.33. The number of pyridine rings is 1.